The molecule has 0 aromatic heterocycles. The molecule has 0 aliphatic rings. The number of amides is 1. The van der Waals surface area contributed by atoms with E-state index in [-0.39, 0.29) is 11.5 Å². The fourth-order valence-electron chi connectivity index (χ4n) is 2.22. The van der Waals surface area contributed by atoms with E-state index in [1.807, 2.05) is 5.32 Å². The number of carbonyl (C=O) groups excluding carboxylic acids is 1. The van der Waals surface area contributed by atoms with Crippen LogP contribution < -0.4 is 5.32 Å². The van der Waals surface area contributed by atoms with Crippen molar-refractivity contribution in [2.75, 3.05) is 25.6 Å². The highest BCUT2D eigenvalue weighted by atomic mass is 35.5. The number of nitrogens with one attached hydrogen (secondary N) is 2. The summed E-state index contributed by atoms with van der Waals surface area (Å²) in [6, 6.07) is 1.60. The minimum atomic E-state index is -6.46. The predicted octanol–water partition coefficient (Wildman–Crippen LogP) is 4.57. The van der Waals surface area contributed by atoms with Crippen LogP contribution in [0.3, 0.4) is 0 Å². The molecule has 8 nitrogen and oxygen atoms in total. The highest BCUT2D eigenvalue weighted by Crippen LogP contribution is 2.40. The average molecular weight is 555 g/mol. The van der Waals surface area contributed by atoms with E-state index in [4.69, 9.17) is 38.6 Å². The van der Waals surface area contributed by atoms with Crippen LogP contribution in [0.1, 0.15) is 12.5 Å². The van der Waals surface area contributed by atoms with Gasteiger partial charge in [0.25, 0.3) is 15.7 Å². The van der Waals surface area contributed by atoms with Crippen LogP contribution in [-0.2, 0) is 25.5 Å². The third-order valence-corrected chi connectivity index (χ3v) is 6.02. The zero-order chi connectivity index (χ0) is 26.6. The van der Waals surface area contributed by atoms with Gasteiger partial charge >= 0.3 is 11.7 Å². The molecule has 0 heterocycles. The first kappa shape index (κ1) is 29.5. The number of carbonyl (C=O) groups is 1. The van der Waals surface area contributed by atoms with Crippen LogP contribution in [0.2, 0.25) is 10.0 Å². The molecule has 1 aromatic rings. The van der Waals surface area contributed by atoms with Crippen molar-refractivity contribution in [1.29, 1.82) is 10.7 Å². The van der Waals surface area contributed by atoms with Crippen LogP contribution in [0.5, 0.6) is 0 Å². The molecule has 1 rings (SSSR count). The fourth-order valence-corrected chi connectivity index (χ4v) is 3.79. The molecular formula is C17H14Cl2F6N4O4S. The van der Waals surface area contributed by atoms with Crippen LogP contribution in [-0.4, -0.2) is 50.7 Å². The zero-order valence-electron chi connectivity index (χ0n) is 17.0. The second-order valence-electron chi connectivity index (χ2n) is 6.14. The molecule has 0 aliphatic heterocycles. The maximum atomic E-state index is 13.3. The number of nitrogens with zero attached hydrogens (tertiary/aromatic N) is 2. The molecule has 0 saturated carbocycles. The average Bonchev–Trinajstić information content (AvgIpc) is 2.70. The molecule has 0 bridgehead atoms. The van der Waals surface area contributed by atoms with Crippen molar-refractivity contribution in [2.24, 2.45) is 0 Å². The van der Waals surface area contributed by atoms with Crippen molar-refractivity contribution in [3.05, 3.63) is 38.5 Å². The smallest absolute Gasteiger partial charge is 0.372 e. The van der Waals surface area contributed by atoms with Gasteiger partial charge in [0.1, 0.15) is 18.5 Å². The Kier molecular flexibility index (Phi) is 9.37. The number of rotatable bonds is 8. The Hall–Kier alpha value is -2.54. The number of hydrogen-bond donors (Lipinski definition) is 2. The maximum Gasteiger partial charge on any atom is 0.502 e. The van der Waals surface area contributed by atoms with Gasteiger partial charge in [-0.3, -0.25) is 15.1 Å². The molecule has 0 radical (unpaired) electrons. The van der Waals surface area contributed by atoms with Crippen LogP contribution in [0, 0.1) is 16.7 Å². The fraction of sp³-hybridized carbons (Fsp3) is 0.353. The minimum Gasteiger partial charge on any atom is -0.372 e. The number of anilines is 1. The van der Waals surface area contributed by atoms with E-state index in [2.05, 4.69) is 0 Å². The molecule has 188 valence electrons. The second kappa shape index (κ2) is 10.8. The molecule has 1 amide bonds. The Bertz CT molecular complexity index is 1140. The first-order valence-corrected chi connectivity index (χ1v) is 10.9. The van der Waals surface area contributed by atoms with Crippen molar-refractivity contribution < 1.29 is 44.3 Å². The molecule has 2 N–H and O–H groups in total. The second-order valence-corrected chi connectivity index (χ2v) is 8.83. The van der Waals surface area contributed by atoms with Gasteiger partial charge in [-0.15, -0.1) is 0 Å². The summed E-state index contributed by atoms with van der Waals surface area (Å²) in [5.41, 5.74) is -9.85. The predicted molar refractivity (Wildman–Crippen MR) is 110 cm³/mol. The third-order valence-electron chi connectivity index (χ3n) is 3.88. The number of benzene rings is 1. The summed E-state index contributed by atoms with van der Waals surface area (Å²) in [4.78, 5) is 10.6. The van der Waals surface area contributed by atoms with E-state index >= 15 is 0 Å². The van der Waals surface area contributed by atoms with E-state index < -0.39 is 71.8 Å². The Morgan fingerprint density at radius 1 is 1.21 bits per heavy atom. The number of allylic oxidation sites excluding steroid dienone is 1. The van der Waals surface area contributed by atoms with Gasteiger partial charge in [0.2, 0.25) is 0 Å². The number of likely N-dealkylation sites (N-methyl/N-ethyl adjacent to an activating group) is 1. The van der Waals surface area contributed by atoms with Crippen molar-refractivity contribution in [3.63, 3.8) is 0 Å². The van der Waals surface area contributed by atoms with Gasteiger partial charge in [-0.25, -0.2) is 8.42 Å². The van der Waals surface area contributed by atoms with Crippen molar-refractivity contribution in [1.82, 2.24) is 4.90 Å². The lowest BCUT2D eigenvalue weighted by molar-refractivity contribution is -0.137. The standard InChI is InChI=1S/C17H14Cl2F6N4O4S/c1-3-33-7-12(30)29(2)15(14(11(27)6-26)34(31,32)17(23,24)25)28-13-9(18)4-8(5-10(13)19)16(20,21)22/h4-5,27-28H,3,7H2,1-2H3/b15-14-,27-11?. The molecule has 0 fully saturated rings. The third kappa shape index (κ3) is 6.53. The van der Waals surface area contributed by atoms with Gasteiger partial charge in [-0.2, -0.15) is 31.6 Å². The van der Waals surface area contributed by atoms with Gasteiger partial charge < -0.3 is 10.1 Å². The lowest BCUT2D eigenvalue weighted by Gasteiger charge is -2.26. The van der Waals surface area contributed by atoms with Gasteiger partial charge in [0.05, 0.1) is 21.3 Å². The number of alkyl halides is 6. The molecular weight excluding hydrogens is 541 g/mol. The van der Waals surface area contributed by atoms with E-state index in [1.54, 1.807) is 0 Å². The number of sulfone groups is 1. The summed E-state index contributed by atoms with van der Waals surface area (Å²) in [6.07, 6.45) is -4.91. The zero-order valence-corrected chi connectivity index (χ0v) is 19.4. The first-order chi connectivity index (χ1) is 15.4. The Morgan fingerprint density at radius 3 is 2.09 bits per heavy atom. The van der Waals surface area contributed by atoms with E-state index in [0.717, 1.165) is 13.1 Å². The summed E-state index contributed by atoms with van der Waals surface area (Å²) in [7, 11) is -5.69. The monoisotopic (exact) mass is 554 g/mol. The molecule has 0 saturated heterocycles. The Balaban J connectivity index is 3.96. The number of halogens is 8. The van der Waals surface area contributed by atoms with Crippen LogP contribution >= 0.6 is 23.2 Å². The highest BCUT2D eigenvalue weighted by Gasteiger charge is 2.51. The van der Waals surface area contributed by atoms with Crippen LogP contribution in [0.4, 0.5) is 32.0 Å². The molecule has 17 heteroatoms. The summed E-state index contributed by atoms with van der Waals surface area (Å²) in [5, 5.41) is 16.8. The lowest BCUT2D eigenvalue weighted by atomic mass is 10.2. The number of nitriles is 1. The lowest BCUT2D eigenvalue weighted by Crippen LogP contribution is -2.38. The van der Waals surface area contributed by atoms with Crippen molar-refractivity contribution in [2.45, 2.75) is 18.6 Å². The van der Waals surface area contributed by atoms with Gasteiger partial charge in [0, 0.05) is 13.7 Å². The molecule has 34 heavy (non-hydrogen) atoms. The van der Waals surface area contributed by atoms with Gasteiger partial charge in [-0.05, 0) is 19.1 Å². The Morgan fingerprint density at radius 2 is 1.71 bits per heavy atom. The van der Waals surface area contributed by atoms with E-state index in [9.17, 15) is 39.6 Å². The molecule has 1 aromatic carbocycles. The summed E-state index contributed by atoms with van der Waals surface area (Å²) < 4.78 is 108. The van der Waals surface area contributed by atoms with Gasteiger partial charge in [-0.1, -0.05) is 23.2 Å². The van der Waals surface area contributed by atoms with Gasteiger partial charge in [0.15, 0.2) is 10.6 Å². The Labute approximate surface area is 199 Å². The summed E-state index contributed by atoms with van der Waals surface area (Å²) in [5.74, 6) is -2.47. The summed E-state index contributed by atoms with van der Waals surface area (Å²) >= 11 is 11.6. The van der Waals surface area contributed by atoms with Crippen molar-refractivity contribution >= 4 is 50.3 Å². The SMILES string of the molecule is CCOCC(=O)N(C)/C(Nc1c(Cl)cc(C(F)(F)F)cc1Cl)=C(/C(=N)C#N)S(=O)(=O)C(F)(F)F. The topological polar surface area (TPSA) is 123 Å². The largest absolute Gasteiger partial charge is 0.502 e. The van der Waals surface area contributed by atoms with E-state index in [1.165, 1.54) is 6.92 Å². The molecule has 0 aliphatic carbocycles. The molecule has 0 unspecified atom stereocenters. The van der Waals surface area contributed by atoms with Crippen LogP contribution in [0.15, 0.2) is 22.9 Å². The summed E-state index contributed by atoms with van der Waals surface area (Å²) in [6.45, 7) is 0.672. The number of hydrogen-bond acceptors (Lipinski definition) is 7. The maximum absolute atomic E-state index is 13.3. The van der Waals surface area contributed by atoms with Crippen LogP contribution in [0.25, 0.3) is 0 Å². The minimum absolute atomic E-state index is 0.0235. The van der Waals surface area contributed by atoms with Crippen molar-refractivity contribution in [3.8, 4) is 6.07 Å². The highest BCUT2D eigenvalue weighted by molar-refractivity contribution is 7.97. The van der Waals surface area contributed by atoms with E-state index in [0.29, 0.717) is 12.1 Å². The molecule has 0 atom stereocenters. The first-order valence-electron chi connectivity index (χ1n) is 8.62. The molecule has 0 spiro atoms. The normalized spacial score (nSPS) is 13.1. The quantitative estimate of drug-likeness (QED) is 0.358. The number of ether oxygens (including phenoxy) is 1.